The van der Waals surface area contributed by atoms with Crippen molar-refractivity contribution < 1.29 is 19.4 Å². The second-order valence-electron chi connectivity index (χ2n) is 5.75. The van der Waals surface area contributed by atoms with Gasteiger partial charge in [0.05, 0.1) is 12.2 Å². The van der Waals surface area contributed by atoms with Gasteiger partial charge in [-0.25, -0.2) is 4.79 Å². The van der Waals surface area contributed by atoms with Gasteiger partial charge in [-0.1, -0.05) is 17.8 Å². The molecule has 0 aromatic carbocycles. The van der Waals surface area contributed by atoms with Gasteiger partial charge in [0.25, 0.3) is 0 Å². The molecule has 0 aromatic heterocycles. The standard InChI is InChI=1S/C13H20N2O4S/c1-5-7-6-8(16)9-10(18-7)20-11(14-9)15-12(17)19-13(2,3)4/h5,7-10,16H,1,6H2,2-4H3,(H,14,15,17)/t7-,8+,9-,10-/m1/s1. The van der Waals surface area contributed by atoms with Crippen molar-refractivity contribution in [1.29, 1.82) is 0 Å². The van der Waals surface area contributed by atoms with E-state index >= 15 is 0 Å². The van der Waals surface area contributed by atoms with Gasteiger partial charge in [-0.15, -0.1) is 6.58 Å². The molecule has 0 spiro atoms. The summed E-state index contributed by atoms with van der Waals surface area (Å²) in [5.74, 6) is 0. The molecule has 2 aliphatic rings. The summed E-state index contributed by atoms with van der Waals surface area (Å²) in [5.41, 5.74) is -0.864. The molecule has 20 heavy (non-hydrogen) atoms. The van der Waals surface area contributed by atoms with E-state index in [0.29, 0.717) is 11.6 Å². The van der Waals surface area contributed by atoms with Crippen LogP contribution in [-0.4, -0.2) is 45.7 Å². The Morgan fingerprint density at radius 3 is 2.95 bits per heavy atom. The van der Waals surface area contributed by atoms with Gasteiger partial charge in [0, 0.05) is 6.42 Å². The van der Waals surface area contributed by atoms with Crippen molar-refractivity contribution in [2.75, 3.05) is 0 Å². The largest absolute Gasteiger partial charge is 0.444 e. The third kappa shape index (κ3) is 3.74. The molecule has 2 rings (SSSR count). The predicted octanol–water partition coefficient (Wildman–Crippen LogP) is 1.64. The maximum Gasteiger partial charge on any atom is 0.413 e. The van der Waals surface area contributed by atoms with Crippen LogP contribution in [0.5, 0.6) is 0 Å². The lowest BCUT2D eigenvalue weighted by Gasteiger charge is -2.32. The molecule has 0 aliphatic carbocycles. The predicted molar refractivity (Wildman–Crippen MR) is 77.7 cm³/mol. The van der Waals surface area contributed by atoms with Crippen LogP contribution in [0, 0.1) is 0 Å². The Morgan fingerprint density at radius 1 is 1.65 bits per heavy atom. The summed E-state index contributed by atoms with van der Waals surface area (Å²) in [6.45, 7) is 9.04. The van der Waals surface area contributed by atoms with Gasteiger partial charge < -0.3 is 14.6 Å². The third-order valence-corrected chi connectivity index (χ3v) is 3.87. The number of aliphatic hydroxyl groups is 1. The number of amides is 1. The highest BCUT2D eigenvalue weighted by Crippen LogP contribution is 2.35. The molecule has 2 aliphatic heterocycles. The van der Waals surface area contributed by atoms with Gasteiger partial charge >= 0.3 is 6.09 Å². The van der Waals surface area contributed by atoms with Crippen LogP contribution in [0.15, 0.2) is 17.6 Å². The lowest BCUT2D eigenvalue weighted by Crippen LogP contribution is -2.43. The number of carbonyl (C=O) groups is 1. The topological polar surface area (TPSA) is 80.2 Å². The van der Waals surface area contributed by atoms with E-state index in [1.54, 1.807) is 26.8 Å². The molecule has 0 radical (unpaired) electrons. The molecule has 0 bridgehead atoms. The molecular weight excluding hydrogens is 280 g/mol. The van der Waals surface area contributed by atoms with Crippen molar-refractivity contribution in [3.63, 3.8) is 0 Å². The fourth-order valence-corrected chi connectivity index (χ4v) is 3.12. The second-order valence-corrected chi connectivity index (χ2v) is 6.84. The molecule has 7 heteroatoms. The van der Waals surface area contributed by atoms with Crippen molar-refractivity contribution in [3.8, 4) is 0 Å². The maximum absolute atomic E-state index is 11.7. The molecule has 1 fully saturated rings. The molecule has 6 nitrogen and oxygen atoms in total. The van der Waals surface area contributed by atoms with E-state index in [2.05, 4.69) is 16.9 Å². The number of ether oxygens (including phenoxy) is 2. The average Bonchev–Trinajstić information content (AvgIpc) is 2.69. The molecule has 2 heterocycles. The molecule has 112 valence electrons. The number of fused-ring (bicyclic) bond motifs is 1. The molecular formula is C13H20N2O4S. The second kappa shape index (κ2) is 5.75. The number of aliphatic hydroxyl groups excluding tert-OH is 1. The summed E-state index contributed by atoms with van der Waals surface area (Å²) in [6, 6.07) is -0.360. The first kappa shape index (κ1) is 15.3. The normalized spacial score (nSPS) is 33.1. The van der Waals surface area contributed by atoms with Crippen LogP contribution in [-0.2, 0) is 9.47 Å². The smallest absolute Gasteiger partial charge is 0.413 e. The van der Waals surface area contributed by atoms with Crippen molar-refractivity contribution in [2.45, 2.75) is 56.5 Å². The fourth-order valence-electron chi connectivity index (χ4n) is 1.99. The summed E-state index contributed by atoms with van der Waals surface area (Å²) in [6.07, 6.45) is 0.794. The number of thioether (sulfide) groups is 1. The van der Waals surface area contributed by atoms with Crippen LogP contribution < -0.4 is 5.32 Å². The van der Waals surface area contributed by atoms with Crippen LogP contribution in [0.4, 0.5) is 4.79 Å². The van der Waals surface area contributed by atoms with Crippen LogP contribution in [0.1, 0.15) is 27.2 Å². The van der Waals surface area contributed by atoms with Gasteiger partial charge in [-0.3, -0.25) is 10.3 Å². The Kier molecular flexibility index (Phi) is 4.41. The van der Waals surface area contributed by atoms with Crippen molar-refractivity contribution in [1.82, 2.24) is 5.32 Å². The zero-order valence-corrected chi connectivity index (χ0v) is 12.6. The monoisotopic (exact) mass is 300 g/mol. The van der Waals surface area contributed by atoms with Crippen molar-refractivity contribution in [3.05, 3.63) is 12.7 Å². The number of aliphatic imine (C=N–C) groups is 1. The van der Waals surface area contributed by atoms with E-state index in [-0.39, 0.29) is 17.6 Å². The SMILES string of the molecule is C=C[C@@H]1C[C@H](O)[C@H]2N=C(NC(=O)OC(C)(C)C)S[C@H]2O1. The molecule has 0 aromatic rings. The first-order valence-electron chi connectivity index (χ1n) is 6.49. The Labute approximate surface area is 122 Å². The lowest BCUT2D eigenvalue weighted by atomic mass is 10.0. The Balaban J connectivity index is 1.95. The van der Waals surface area contributed by atoms with E-state index in [1.165, 1.54) is 11.8 Å². The Morgan fingerprint density at radius 2 is 2.35 bits per heavy atom. The van der Waals surface area contributed by atoms with E-state index in [4.69, 9.17) is 9.47 Å². The summed E-state index contributed by atoms with van der Waals surface area (Å²) in [5, 5.41) is 13.0. The van der Waals surface area contributed by atoms with E-state index in [1.807, 2.05) is 0 Å². The highest BCUT2D eigenvalue weighted by atomic mass is 32.2. The maximum atomic E-state index is 11.7. The minimum absolute atomic E-state index is 0.185. The summed E-state index contributed by atoms with van der Waals surface area (Å²) in [4.78, 5) is 16.0. The van der Waals surface area contributed by atoms with Gasteiger partial charge in [0.15, 0.2) is 5.17 Å². The van der Waals surface area contributed by atoms with Gasteiger partial charge in [0.1, 0.15) is 17.1 Å². The third-order valence-electron chi connectivity index (χ3n) is 2.82. The van der Waals surface area contributed by atoms with E-state index in [9.17, 15) is 9.90 Å². The van der Waals surface area contributed by atoms with Crippen LogP contribution >= 0.6 is 11.8 Å². The highest BCUT2D eigenvalue weighted by Gasteiger charge is 2.42. The number of carbonyl (C=O) groups excluding carboxylic acids is 1. The molecule has 4 atom stereocenters. The van der Waals surface area contributed by atoms with Gasteiger partial charge in [-0.2, -0.15) is 0 Å². The van der Waals surface area contributed by atoms with E-state index in [0.717, 1.165) is 0 Å². The minimum Gasteiger partial charge on any atom is -0.444 e. The van der Waals surface area contributed by atoms with Crippen LogP contribution in [0.25, 0.3) is 0 Å². The highest BCUT2D eigenvalue weighted by molar-refractivity contribution is 8.14. The summed E-state index contributed by atoms with van der Waals surface area (Å²) in [7, 11) is 0. The zero-order valence-electron chi connectivity index (χ0n) is 11.8. The Hall–Kier alpha value is -1.05. The number of nitrogens with one attached hydrogen (secondary N) is 1. The van der Waals surface area contributed by atoms with Crippen molar-refractivity contribution in [2.24, 2.45) is 4.99 Å². The summed E-state index contributed by atoms with van der Waals surface area (Å²) >= 11 is 1.28. The lowest BCUT2D eigenvalue weighted by molar-refractivity contribution is -0.0492. The molecule has 0 saturated carbocycles. The average molecular weight is 300 g/mol. The molecule has 2 N–H and O–H groups in total. The first-order chi connectivity index (χ1) is 9.28. The zero-order chi connectivity index (χ0) is 14.9. The summed E-state index contributed by atoms with van der Waals surface area (Å²) < 4.78 is 10.9. The van der Waals surface area contributed by atoms with E-state index < -0.39 is 17.8 Å². The number of amidine groups is 1. The fraction of sp³-hybridized carbons (Fsp3) is 0.692. The number of alkyl carbamates (subject to hydrolysis) is 1. The molecule has 0 unspecified atom stereocenters. The van der Waals surface area contributed by atoms with Crippen LogP contribution in [0.3, 0.4) is 0 Å². The number of rotatable bonds is 1. The van der Waals surface area contributed by atoms with Crippen LogP contribution in [0.2, 0.25) is 0 Å². The Bertz CT molecular complexity index is 433. The molecule has 1 amide bonds. The number of hydrogen-bond acceptors (Lipinski definition) is 6. The van der Waals surface area contributed by atoms with Gasteiger partial charge in [0.2, 0.25) is 0 Å². The van der Waals surface area contributed by atoms with Crippen molar-refractivity contribution >= 4 is 23.0 Å². The number of nitrogens with zero attached hydrogens (tertiary/aromatic N) is 1. The van der Waals surface area contributed by atoms with Gasteiger partial charge in [-0.05, 0) is 20.8 Å². The number of hydrogen-bond donors (Lipinski definition) is 2. The quantitative estimate of drug-likeness (QED) is 0.720. The minimum atomic E-state index is -0.595. The molecule has 1 saturated heterocycles. The first-order valence-corrected chi connectivity index (χ1v) is 7.37.